The van der Waals surface area contributed by atoms with Gasteiger partial charge in [0.1, 0.15) is 0 Å². The number of terminal acetylenes is 1. The molecule has 6 nitrogen and oxygen atoms in total. The van der Waals surface area contributed by atoms with Gasteiger partial charge in [-0.15, -0.1) is 22.6 Å². The van der Waals surface area contributed by atoms with E-state index < -0.39 is 17.5 Å². The number of benzene rings is 1. The summed E-state index contributed by atoms with van der Waals surface area (Å²) >= 11 is 0. The van der Waals surface area contributed by atoms with Crippen LogP contribution in [0.4, 0.5) is 13.2 Å². The summed E-state index contributed by atoms with van der Waals surface area (Å²) in [7, 11) is 0. The summed E-state index contributed by atoms with van der Waals surface area (Å²) in [5, 5.41) is 17.0. The van der Waals surface area contributed by atoms with Gasteiger partial charge in [0, 0.05) is 37.8 Å². The highest BCUT2D eigenvalue weighted by Gasteiger charge is 2.65. The van der Waals surface area contributed by atoms with Gasteiger partial charge in [0.05, 0.1) is 0 Å². The molecular weight excluding hydrogens is 347 g/mol. The molecule has 3 rings (SSSR count). The number of amides is 1. The molecule has 0 unspecified atom stereocenters. The number of halogens is 3. The van der Waals surface area contributed by atoms with E-state index in [-0.39, 0.29) is 24.4 Å². The van der Waals surface area contributed by atoms with Crippen LogP contribution in [-0.4, -0.2) is 17.7 Å². The third kappa shape index (κ3) is 3.74. The van der Waals surface area contributed by atoms with Crippen molar-refractivity contribution >= 4 is 5.91 Å². The maximum atomic E-state index is 12.9. The van der Waals surface area contributed by atoms with E-state index in [9.17, 15) is 18.0 Å². The normalized spacial score (nSPS) is 18.2. The molecule has 136 valence electrons. The van der Waals surface area contributed by atoms with Gasteiger partial charge < -0.3 is 5.32 Å². The second-order valence-electron chi connectivity index (χ2n) is 6.23. The topological polar surface area (TPSA) is 78.5 Å². The molecule has 0 saturated carbocycles. The van der Waals surface area contributed by atoms with E-state index in [1.165, 1.54) is 24.3 Å². The van der Waals surface area contributed by atoms with Crippen molar-refractivity contribution in [2.24, 2.45) is 20.5 Å². The van der Waals surface area contributed by atoms with Crippen molar-refractivity contribution in [3.8, 4) is 12.3 Å². The van der Waals surface area contributed by atoms with Crippen LogP contribution in [-0.2, 0) is 17.0 Å². The minimum absolute atomic E-state index is 0.0347. The number of nitrogens with one attached hydrogen (secondary N) is 1. The van der Waals surface area contributed by atoms with Gasteiger partial charge in [0.15, 0.2) is 5.66 Å². The van der Waals surface area contributed by atoms with Crippen LogP contribution in [0.1, 0.15) is 36.8 Å². The lowest BCUT2D eigenvalue weighted by molar-refractivity contribution is -0.166. The van der Waals surface area contributed by atoms with Crippen LogP contribution in [0.25, 0.3) is 0 Å². The summed E-state index contributed by atoms with van der Waals surface area (Å²) in [4.78, 5) is 11.9. The van der Waals surface area contributed by atoms with Crippen molar-refractivity contribution in [1.29, 1.82) is 0 Å². The molecule has 0 fully saturated rings. The van der Waals surface area contributed by atoms with E-state index in [4.69, 9.17) is 6.42 Å². The van der Waals surface area contributed by atoms with E-state index in [2.05, 4.69) is 31.7 Å². The monoisotopic (exact) mass is 363 g/mol. The summed E-state index contributed by atoms with van der Waals surface area (Å²) in [6.45, 7) is 0.220. The number of nitrogens with zero attached hydrogens (tertiary/aromatic N) is 4. The lowest BCUT2D eigenvalue weighted by atomic mass is 10.0. The molecule has 9 heteroatoms. The maximum absolute atomic E-state index is 12.9. The molecule has 2 aliphatic rings. The Bertz CT molecular complexity index is 780. The molecule has 0 saturated heterocycles. The van der Waals surface area contributed by atoms with Gasteiger partial charge in [-0.3, -0.25) is 4.79 Å². The average molecular weight is 363 g/mol. The zero-order valence-electron chi connectivity index (χ0n) is 13.8. The van der Waals surface area contributed by atoms with Crippen molar-refractivity contribution < 1.29 is 18.0 Å². The molecule has 0 spiro atoms. The number of rotatable bonds is 8. The van der Waals surface area contributed by atoms with Crippen molar-refractivity contribution in [3.05, 3.63) is 35.4 Å². The third-order valence-corrected chi connectivity index (χ3v) is 4.35. The van der Waals surface area contributed by atoms with Crippen LogP contribution >= 0.6 is 0 Å². The summed E-state index contributed by atoms with van der Waals surface area (Å²) in [6.07, 6.45) is 2.61. The lowest BCUT2D eigenvalue weighted by Gasteiger charge is -2.15. The Morgan fingerprint density at radius 3 is 2.27 bits per heavy atom. The fourth-order valence-electron chi connectivity index (χ4n) is 2.57. The Morgan fingerprint density at radius 2 is 1.77 bits per heavy atom. The second-order valence-corrected chi connectivity index (χ2v) is 6.23. The van der Waals surface area contributed by atoms with Crippen LogP contribution < -0.4 is 5.32 Å². The summed E-state index contributed by atoms with van der Waals surface area (Å²) in [5.74, 6) is 2.35. The van der Waals surface area contributed by atoms with Crippen LogP contribution in [0.3, 0.4) is 0 Å². The van der Waals surface area contributed by atoms with Gasteiger partial charge in [-0.05, 0) is 5.56 Å². The Labute approximate surface area is 148 Å². The molecule has 0 aliphatic carbocycles. The largest absolute Gasteiger partial charge is 0.442 e. The van der Waals surface area contributed by atoms with Crippen LogP contribution in [0, 0.1) is 12.3 Å². The molecule has 2 aliphatic heterocycles. The number of carbonyl (C=O) groups is 1. The minimum Gasteiger partial charge on any atom is -0.352 e. The molecule has 1 amide bonds. The Morgan fingerprint density at radius 1 is 1.12 bits per heavy atom. The molecule has 26 heavy (non-hydrogen) atoms. The van der Waals surface area contributed by atoms with Crippen molar-refractivity contribution in [2.75, 3.05) is 0 Å². The highest BCUT2D eigenvalue weighted by molar-refractivity contribution is 5.76. The smallest absolute Gasteiger partial charge is 0.352 e. The lowest BCUT2D eigenvalue weighted by Crippen LogP contribution is -2.30. The molecular formula is C17H16F3N5O. The maximum Gasteiger partial charge on any atom is 0.442 e. The van der Waals surface area contributed by atoms with Crippen LogP contribution in [0.5, 0.6) is 0 Å². The first-order valence-electron chi connectivity index (χ1n) is 8.05. The van der Waals surface area contributed by atoms with E-state index in [0.29, 0.717) is 24.8 Å². The molecule has 0 radical (unpaired) electrons. The predicted octanol–water partition coefficient (Wildman–Crippen LogP) is 3.84. The first kappa shape index (κ1) is 18.0. The minimum atomic E-state index is -4.54. The van der Waals surface area contributed by atoms with Gasteiger partial charge in [-0.1, -0.05) is 24.3 Å². The highest BCUT2D eigenvalue weighted by Crippen LogP contribution is 2.52. The Balaban J connectivity index is 1.45. The number of hydrogen-bond donors (Lipinski definition) is 1. The average Bonchev–Trinajstić information content (AvgIpc) is 3.51. The molecule has 2 heterocycles. The van der Waals surface area contributed by atoms with E-state index >= 15 is 0 Å². The predicted molar refractivity (Wildman–Crippen MR) is 85.8 cm³/mol. The molecule has 1 aromatic rings. The molecule has 0 aromatic heterocycles. The summed E-state index contributed by atoms with van der Waals surface area (Å²) in [5.41, 5.74) is -2.27. The van der Waals surface area contributed by atoms with Crippen molar-refractivity contribution in [1.82, 2.24) is 5.32 Å². The van der Waals surface area contributed by atoms with Gasteiger partial charge in [-0.25, -0.2) is 0 Å². The second kappa shape index (κ2) is 6.52. The Kier molecular flexibility index (Phi) is 4.52. The van der Waals surface area contributed by atoms with Crippen LogP contribution in [0.2, 0.25) is 0 Å². The molecule has 0 bridgehead atoms. The summed E-state index contributed by atoms with van der Waals surface area (Å²) < 4.78 is 38.8. The number of alkyl halides is 3. The van der Waals surface area contributed by atoms with Gasteiger partial charge in [0.25, 0.3) is 0 Å². The standard InChI is InChI=1S/C17H16F3N5O/c1-2-3-9-15(22-23-15)10-8-14(26)21-11-12-4-6-13(7-5-12)16(24-25-16)17(18,19)20/h1,4-7H,3,8-11H2,(H,21,26). The fourth-order valence-corrected chi connectivity index (χ4v) is 2.57. The molecule has 1 N–H and O–H groups in total. The number of carbonyl (C=O) groups excluding carboxylic acids is 1. The zero-order chi connectivity index (χ0) is 18.8. The van der Waals surface area contributed by atoms with Gasteiger partial charge in [-0.2, -0.15) is 23.4 Å². The van der Waals surface area contributed by atoms with Gasteiger partial charge >= 0.3 is 11.8 Å². The van der Waals surface area contributed by atoms with Gasteiger partial charge in [0.2, 0.25) is 5.91 Å². The van der Waals surface area contributed by atoms with Crippen molar-refractivity contribution in [2.45, 2.75) is 49.7 Å². The first-order chi connectivity index (χ1) is 12.3. The zero-order valence-corrected chi connectivity index (χ0v) is 13.8. The highest BCUT2D eigenvalue weighted by atomic mass is 19.4. The van der Waals surface area contributed by atoms with E-state index in [0.717, 1.165) is 0 Å². The molecule has 1 aromatic carbocycles. The van der Waals surface area contributed by atoms with Crippen LogP contribution in [0.15, 0.2) is 44.7 Å². The number of hydrogen-bond acceptors (Lipinski definition) is 5. The Hall–Kier alpha value is -2.76. The third-order valence-electron chi connectivity index (χ3n) is 4.35. The van der Waals surface area contributed by atoms with E-state index in [1.54, 1.807) is 0 Å². The SMILES string of the molecule is C#CCCC1(CCC(=O)NCc2ccc(C3(C(F)(F)F)N=N3)cc2)N=N1. The quantitative estimate of drug-likeness (QED) is 0.700. The molecule has 0 atom stereocenters. The van der Waals surface area contributed by atoms with E-state index in [1.807, 2.05) is 0 Å². The summed E-state index contributed by atoms with van der Waals surface area (Å²) in [6, 6.07) is 5.69. The van der Waals surface area contributed by atoms with Crippen molar-refractivity contribution in [3.63, 3.8) is 0 Å². The fraction of sp³-hybridized carbons (Fsp3) is 0.471. The first-order valence-corrected chi connectivity index (χ1v) is 8.05.